The van der Waals surface area contributed by atoms with Crippen LogP contribution in [-0.2, 0) is 39.7 Å². The number of pyridine rings is 1. The van der Waals surface area contributed by atoms with Gasteiger partial charge in [-0.25, -0.2) is 0 Å². The van der Waals surface area contributed by atoms with E-state index < -0.39 is 85.1 Å². The molecule has 1 amide bonds. The third-order valence-corrected chi connectivity index (χ3v) is 12.6. The summed E-state index contributed by atoms with van der Waals surface area (Å²) in [7, 11) is 4.94. The maximum atomic E-state index is 13.2. The predicted molar refractivity (Wildman–Crippen MR) is 223 cm³/mol. The minimum absolute atomic E-state index is 0.0147. The summed E-state index contributed by atoms with van der Waals surface area (Å²) in [6.07, 6.45) is -6.32. The van der Waals surface area contributed by atoms with Crippen molar-refractivity contribution < 1.29 is 58.8 Å². The van der Waals surface area contributed by atoms with Gasteiger partial charge in [0.25, 0.3) is 0 Å². The van der Waals surface area contributed by atoms with Crippen LogP contribution in [0.3, 0.4) is 0 Å². The summed E-state index contributed by atoms with van der Waals surface area (Å²) < 4.78 is 31.1. The molecule has 60 heavy (non-hydrogen) atoms. The standard InChI is InChI=1S/C44H70N4O12/c1-26-22-30(16-21-49)40(60-43-38(53)37(47(5)6)39(27(2)58-43)59-36-24-44(4,55)42(54)28(3)57-36)41(56-7)33(50)23-35(52)46-17-11-20-48(25-34(26)51)19-10-12-29-15-18-45-32-14-9-8-13-31(29)32/h8-9,13-15,18,21,26-28,30,33-34,36-43,50-51,53-55H,10-12,16-17,19-20,22-25H2,1-7H3,(H,46,52)/t26-,27?,28?,30+,33-,34+,36+,37?,38?,39+,40+,41+,42+,43+,44?/m1/s1. The monoisotopic (exact) mass is 846 g/mol. The molecule has 0 saturated carbocycles. The molecule has 3 aliphatic heterocycles. The molecule has 16 heteroatoms. The number of nitrogens with zero attached hydrogens (tertiary/aromatic N) is 3. The zero-order valence-electron chi connectivity index (χ0n) is 36.3. The summed E-state index contributed by atoms with van der Waals surface area (Å²) >= 11 is 0. The molecule has 3 fully saturated rings. The second-order valence-corrected chi connectivity index (χ2v) is 17.6. The molecule has 4 heterocycles. The fourth-order valence-electron chi connectivity index (χ4n) is 9.25. The van der Waals surface area contributed by atoms with Gasteiger partial charge in [-0.1, -0.05) is 25.1 Å². The van der Waals surface area contributed by atoms with Crippen molar-refractivity contribution in [3.63, 3.8) is 0 Å². The van der Waals surface area contributed by atoms with Crippen molar-refractivity contribution in [3.8, 4) is 0 Å². The Morgan fingerprint density at radius 3 is 2.47 bits per heavy atom. The summed E-state index contributed by atoms with van der Waals surface area (Å²) in [5.41, 5.74) is 0.687. The normalized spacial score (nSPS) is 38.2. The predicted octanol–water partition coefficient (Wildman–Crippen LogP) is 1.40. The molecular weight excluding hydrogens is 776 g/mol. The van der Waals surface area contributed by atoms with E-state index in [2.05, 4.69) is 21.3 Å². The summed E-state index contributed by atoms with van der Waals surface area (Å²) in [5, 5.41) is 60.6. The van der Waals surface area contributed by atoms with Gasteiger partial charge in [-0.05, 0) is 103 Å². The van der Waals surface area contributed by atoms with Crippen LogP contribution in [0.15, 0.2) is 36.5 Å². The zero-order chi connectivity index (χ0) is 43.7. The van der Waals surface area contributed by atoms with Crippen LogP contribution in [0, 0.1) is 11.8 Å². The number of amides is 1. The van der Waals surface area contributed by atoms with Crippen molar-refractivity contribution in [2.24, 2.45) is 11.8 Å². The Hall–Kier alpha value is -2.71. The lowest BCUT2D eigenvalue weighted by Gasteiger charge is -2.50. The molecule has 6 N–H and O–H groups in total. The van der Waals surface area contributed by atoms with E-state index in [9.17, 15) is 35.1 Å². The van der Waals surface area contributed by atoms with Crippen molar-refractivity contribution >= 4 is 23.1 Å². The molecule has 16 nitrogen and oxygen atoms in total. The number of β-amino-alcohol motifs (C(OH)–C–C–N with tert-alkyl or cyclic N) is 1. The molecule has 1 aromatic heterocycles. The second kappa shape index (κ2) is 22.1. The van der Waals surface area contributed by atoms with Gasteiger partial charge in [0.1, 0.15) is 30.7 Å². The molecule has 3 saturated heterocycles. The number of rotatable bonds is 12. The number of benzene rings is 1. The number of nitrogens with one attached hydrogen (secondary N) is 1. The van der Waals surface area contributed by atoms with Crippen molar-refractivity contribution in [1.82, 2.24) is 20.1 Å². The van der Waals surface area contributed by atoms with E-state index in [0.29, 0.717) is 39.0 Å². The van der Waals surface area contributed by atoms with Crippen molar-refractivity contribution in [2.45, 2.75) is 152 Å². The van der Waals surface area contributed by atoms with Gasteiger partial charge in [-0.3, -0.25) is 9.78 Å². The van der Waals surface area contributed by atoms with Gasteiger partial charge in [0.2, 0.25) is 5.91 Å². The Morgan fingerprint density at radius 2 is 1.77 bits per heavy atom. The van der Waals surface area contributed by atoms with Crippen LogP contribution in [0.5, 0.6) is 0 Å². The molecule has 5 rings (SSSR count). The van der Waals surface area contributed by atoms with Crippen LogP contribution in [0.4, 0.5) is 0 Å². The zero-order valence-corrected chi connectivity index (χ0v) is 36.3. The third kappa shape index (κ3) is 12.3. The number of hydrogen-bond acceptors (Lipinski definition) is 15. The van der Waals surface area contributed by atoms with Crippen LogP contribution in [0.25, 0.3) is 10.9 Å². The molecular formula is C44H70N4O12. The van der Waals surface area contributed by atoms with E-state index in [1.807, 2.05) is 37.4 Å². The number of para-hydroxylation sites is 1. The number of methoxy groups -OCH3 is 1. The molecule has 0 radical (unpaired) electrons. The van der Waals surface area contributed by atoms with Gasteiger partial charge >= 0.3 is 0 Å². The first kappa shape index (κ1) is 48.3. The largest absolute Gasteiger partial charge is 0.392 e. The Labute approximate surface area is 354 Å². The Bertz CT molecular complexity index is 1650. The molecule has 1 aromatic carbocycles. The Morgan fingerprint density at radius 1 is 1.02 bits per heavy atom. The van der Waals surface area contributed by atoms with Gasteiger partial charge in [0, 0.05) is 44.6 Å². The van der Waals surface area contributed by atoms with Crippen molar-refractivity contribution in [1.29, 1.82) is 0 Å². The number of carbonyl (C=O) groups is 2. The number of fused-ring (bicyclic) bond motifs is 1. The van der Waals surface area contributed by atoms with Gasteiger partial charge in [0.15, 0.2) is 12.6 Å². The minimum Gasteiger partial charge on any atom is -0.392 e. The lowest BCUT2D eigenvalue weighted by Crippen LogP contribution is -2.65. The minimum atomic E-state index is -1.47. The third-order valence-electron chi connectivity index (χ3n) is 12.6. The number of aldehydes is 1. The molecule has 2 aromatic rings. The van der Waals surface area contributed by atoms with E-state index >= 15 is 0 Å². The van der Waals surface area contributed by atoms with Crippen LogP contribution >= 0.6 is 0 Å². The number of likely N-dealkylation sites (N-methyl/N-ethyl adjacent to an activating group) is 1. The van der Waals surface area contributed by atoms with E-state index in [0.717, 1.165) is 30.0 Å². The topological polar surface area (TPSA) is 213 Å². The molecule has 338 valence electrons. The van der Waals surface area contributed by atoms with Crippen LogP contribution in [0.1, 0.15) is 71.8 Å². The smallest absolute Gasteiger partial charge is 0.222 e. The number of aliphatic hydroxyl groups is 5. The maximum Gasteiger partial charge on any atom is 0.222 e. The number of aliphatic hydroxyl groups excluding tert-OH is 4. The van der Waals surface area contributed by atoms with Crippen molar-refractivity contribution in [3.05, 3.63) is 42.1 Å². The van der Waals surface area contributed by atoms with Gasteiger partial charge in [-0.15, -0.1) is 0 Å². The van der Waals surface area contributed by atoms with E-state index in [-0.39, 0.29) is 31.1 Å². The Kier molecular flexibility index (Phi) is 17.8. The highest BCUT2D eigenvalue weighted by Gasteiger charge is 2.51. The highest BCUT2D eigenvalue weighted by molar-refractivity contribution is 5.81. The first-order valence-electron chi connectivity index (χ1n) is 21.6. The number of carbonyl (C=O) groups excluding carboxylic acids is 2. The fourth-order valence-corrected chi connectivity index (χ4v) is 9.25. The maximum absolute atomic E-state index is 13.2. The molecule has 0 bridgehead atoms. The number of ether oxygens (including phenoxy) is 5. The fraction of sp³-hybridized carbons (Fsp3) is 0.750. The lowest BCUT2D eigenvalue weighted by molar-refractivity contribution is -0.344. The van der Waals surface area contributed by atoms with Gasteiger partial charge in [-0.2, -0.15) is 0 Å². The SMILES string of the molecule is CO[C@@H]1[C@@H](O[C@@H]2OC(C)[C@H](O[C@H]3CC(C)(O)[C@@H](O)C(C)O3)C(N(C)C)C2O)[C@@H](CC=O)C[C@@H](C)[C@@H](O)CN(CCCc2ccnc3ccccc23)CCCNC(=O)C[C@H]1O. The first-order chi connectivity index (χ1) is 28.5. The quantitative estimate of drug-likeness (QED) is 0.167. The van der Waals surface area contributed by atoms with Gasteiger partial charge in [0.05, 0.1) is 54.1 Å². The Balaban J connectivity index is 1.35. The second-order valence-electron chi connectivity index (χ2n) is 17.6. The van der Waals surface area contributed by atoms with E-state index in [1.165, 1.54) is 19.6 Å². The van der Waals surface area contributed by atoms with E-state index in [1.54, 1.807) is 32.8 Å². The molecule has 0 aliphatic carbocycles. The van der Waals surface area contributed by atoms with Crippen LogP contribution in [-0.4, -0.2) is 179 Å². The molecule has 5 unspecified atom stereocenters. The van der Waals surface area contributed by atoms with Gasteiger partial charge < -0.3 is 69.1 Å². The van der Waals surface area contributed by atoms with E-state index in [4.69, 9.17) is 23.7 Å². The molecule has 3 aliphatic rings. The molecule has 15 atom stereocenters. The number of aryl methyl sites for hydroxylation is 1. The summed E-state index contributed by atoms with van der Waals surface area (Å²) in [6, 6.07) is 9.39. The summed E-state index contributed by atoms with van der Waals surface area (Å²) in [4.78, 5) is 34.0. The van der Waals surface area contributed by atoms with Crippen LogP contribution < -0.4 is 5.32 Å². The van der Waals surface area contributed by atoms with Crippen molar-refractivity contribution in [2.75, 3.05) is 47.4 Å². The average Bonchev–Trinajstić information content (AvgIpc) is 3.19. The number of aromatic nitrogens is 1. The molecule has 0 spiro atoms. The van der Waals surface area contributed by atoms with Crippen LogP contribution in [0.2, 0.25) is 0 Å². The highest BCUT2D eigenvalue weighted by atomic mass is 16.7. The highest BCUT2D eigenvalue weighted by Crippen LogP contribution is 2.36. The average molecular weight is 847 g/mol. The number of hydrogen-bond donors (Lipinski definition) is 6. The summed E-state index contributed by atoms with van der Waals surface area (Å²) in [6.45, 7) is 8.93. The summed E-state index contributed by atoms with van der Waals surface area (Å²) in [5.74, 6) is -1.34. The first-order valence-corrected chi connectivity index (χ1v) is 21.6. The lowest BCUT2D eigenvalue weighted by atomic mass is 9.82.